The summed E-state index contributed by atoms with van der Waals surface area (Å²) in [5.41, 5.74) is 2.41. The first-order valence-electron chi connectivity index (χ1n) is 8.86. The molecule has 1 aliphatic carbocycles. The Hall–Kier alpha value is -2.18. The maximum atomic E-state index is 12.7. The Morgan fingerprint density at radius 2 is 1.92 bits per heavy atom. The first kappa shape index (κ1) is 16.3. The van der Waals surface area contributed by atoms with Crippen LogP contribution in [0.15, 0.2) is 36.5 Å². The molecule has 1 N–H and O–H groups in total. The molecule has 0 radical (unpaired) electrons. The minimum Gasteiger partial charge on any atom is -0.373 e. The molecule has 132 valence electrons. The van der Waals surface area contributed by atoms with E-state index in [1.165, 1.54) is 0 Å². The Bertz CT molecular complexity index is 744. The van der Waals surface area contributed by atoms with Gasteiger partial charge in [0.15, 0.2) is 0 Å². The highest BCUT2D eigenvalue weighted by molar-refractivity contribution is 5.95. The van der Waals surface area contributed by atoms with Crippen LogP contribution in [0.2, 0.25) is 0 Å². The van der Waals surface area contributed by atoms with Crippen LogP contribution < -0.4 is 5.32 Å². The number of rotatable bonds is 3. The van der Waals surface area contributed by atoms with Crippen LogP contribution in [0.25, 0.3) is 5.69 Å². The lowest BCUT2D eigenvalue weighted by Crippen LogP contribution is -2.49. The zero-order chi connectivity index (χ0) is 17.2. The van der Waals surface area contributed by atoms with Crippen LogP contribution in [0, 0.1) is 6.92 Å². The van der Waals surface area contributed by atoms with Crippen molar-refractivity contribution in [3.05, 3.63) is 47.8 Å². The van der Waals surface area contributed by atoms with Crippen LogP contribution in [0.5, 0.6) is 0 Å². The third-order valence-corrected chi connectivity index (χ3v) is 5.07. The normalized spacial score (nSPS) is 26.0. The molecule has 0 bridgehead atoms. The third kappa shape index (κ3) is 3.32. The number of hydrogen-bond donors (Lipinski definition) is 1. The number of nitrogens with zero attached hydrogens (tertiary/aromatic N) is 2. The van der Waals surface area contributed by atoms with E-state index in [1.54, 1.807) is 10.9 Å². The van der Waals surface area contributed by atoms with E-state index < -0.39 is 0 Å². The Kier molecular flexibility index (Phi) is 4.55. The van der Waals surface area contributed by atoms with Gasteiger partial charge in [-0.2, -0.15) is 5.10 Å². The van der Waals surface area contributed by atoms with Crippen LogP contribution in [0.1, 0.15) is 35.3 Å². The molecule has 0 spiro atoms. The van der Waals surface area contributed by atoms with Crippen molar-refractivity contribution < 1.29 is 14.3 Å². The molecule has 6 nitrogen and oxygen atoms in total. The maximum absolute atomic E-state index is 12.7. The van der Waals surface area contributed by atoms with Crippen molar-refractivity contribution in [2.45, 2.75) is 44.4 Å². The maximum Gasteiger partial charge on any atom is 0.254 e. The molecule has 4 rings (SSSR count). The van der Waals surface area contributed by atoms with Gasteiger partial charge in [0.2, 0.25) is 0 Å². The number of fused-ring (bicyclic) bond motifs is 1. The van der Waals surface area contributed by atoms with Crippen molar-refractivity contribution in [1.82, 2.24) is 15.1 Å². The summed E-state index contributed by atoms with van der Waals surface area (Å²) in [6, 6.07) is 9.95. The number of para-hydroxylation sites is 1. The monoisotopic (exact) mass is 341 g/mol. The molecule has 3 unspecified atom stereocenters. The number of amides is 1. The van der Waals surface area contributed by atoms with Gasteiger partial charge >= 0.3 is 0 Å². The van der Waals surface area contributed by atoms with Crippen LogP contribution in [0.4, 0.5) is 0 Å². The van der Waals surface area contributed by atoms with E-state index in [9.17, 15) is 4.79 Å². The van der Waals surface area contributed by atoms with Crippen molar-refractivity contribution in [3.63, 3.8) is 0 Å². The number of benzene rings is 1. The van der Waals surface area contributed by atoms with E-state index in [-0.39, 0.29) is 24.2 Å². The SMILES string of the molecule is Cc1c(C(=O)NC2CCC3OCCOC3C2)cnn1-c1ccccc1. The van der Waals surface area contributed by atoms with Gasteiger partial charge in [-0.25, -0.2) is 4.68 Å². The second kappa shape index (κ2) is 6.98. The quantitative estimate of drug-likeness (QED) is 0.930. The van der Waals surface area contributed by atoms with Gasteiger partial charge in [0.05, 0.1) is 48.6 Å². The molecule has 3 atom stereocenters. The Labute approximate surface area is 147 Å². The minimum atomic E-state index is -0.0696. The Balaban J connectivity index is 1.44. The lowest BCUT2D eigenvalue weighted by Gasteiger charge is -2.39. The molecular formula is C19H23N3O3. The van der Waals surface area contributed by atoms with E-state index in [0.717, 1.165) is 30.6 Å². The lowest BCUT2D eigenvalue weighted by atomic mass is 9.89. The summed E-state index contributed by atoms with van der Waals surface area (Å²) in [5.74, 6) is -0.0696. The molecule has 1 saturated carbocycles. The van der Waals surface area contributed by atoms with Crippen molar-refractivity contribution in [3.8, 4) is 5.69 Å². The van der Waals surface area contributed by atoms with Gasteiger partial charge in [-0.1, -0.05) is 18.2 Å². The predicted molar refractivity (Wildman–Crippen MR) is 92.9 cm³/mol. The molecule has 2 heterocycles. The van der Waals surface area contributed by atoms with Crippen LogP contribution >= 0.6 is 0 Å². The van der Waals surface area contributed by atoms with Crippen molar-refractivity contribution in [2.24, 2.45) is 0 Å². The van der Waals surface area contributed by atoms with E-state index >= 15 is 0 Å². The Morgan fingerprint density at radius 1 is 1.16 bits per heavy atom. The fourth-order valence-corrected chi connectivity index (χ4v) is 3.72. The van der Waals surface area contributed by atoms with Gasteiger partial charge in [0, 0.05) is 6.04 Å². The molecule has 1 saturated heterocycles. The zero-order valence-electron chi connectivity index (χ0n) is 14.4. The van der Waals surface area contributed by atoms with Gasteiger partial charge in [0.1, 0.15) is 0 Å². The number of nitrogens with one attached hydrogen (secondary N) is 1. The predicted octanol–water partition coefficient (Wildman–Crippen LogP) is 2.25. The topological polar surface area (TPSA) is 65.4 Å². The molecule has 1 aromatic heterocycles. The molecule has 1 aliphatic heterocycles. The van der Waals surface area contributed by atoms with Crippen LogP contribution in [-0.4, -0.2) is 47.2 Å². The van der Waals surface area contributed by atoms with Crippen molar-refractivity contribution >= 4 is 5.91 Å². The summed E-state index contributed by atoms with van der Waals surface area (Å²) < 4.78 is 13.3. The van der Waals surface area contributed by atoms with Crippen LogP contribution in [0.3, 0.4) is 0 Å². The second-order valence-electron chi connectivity index (χ2n) is 6.69. The molecule has 2 aromatic rings. The summed E-state index contributed by atoms with van der Waals surface area (Å²) in [6.45, 7) is 3.24. The number of hydrogen-bond acceptors (Lipinski definition) is 4. The highest BCUT2D eigenvalue weighted by Gasteiger charge is 2.35. The summed E-state index contributed by atoms with van der Waals surface area (Å²) in [4.78, 5) is 12.7. The lowest BCUT2D eigenvalue weighted by molar-refractivity contribution is -0.157. The molecule has 6 heteroatoms. The molecular weight excluding hydrogens is 318 g/mol. The van der Waals surface area contributed by atoms with Gasteiger partial charge in [-0.3, -0.25) is 4.79 Å². The van der Waals surface area contributed by atoms with E-state index in [0.29, 0.717) is 18.8 Å². The third-order valence-electron chi connectivity index (χ3n) is 5.07. The summed E-state index contributed by atoms with van der Waals surface area (Å²) in [7, 11) is 0. The molecule has 2 aliphatic rings. The number of carbonyl (C=O) groups is 1. The fourth-order valence-electron chi connectivity index (χ4n) is 3.72. The largest absolute Gasteiger partial charge is 0.373 e. The standard InChI is InChI=1S/C19H23N3O3/c1-13-16(12-20-22(13)15-5-3-2-4-6-15)19(23)21-14-7-8-17-18(11-14)25-10-9-24-17/h2-6,12,14,17-18H,7-11H2,1H3,(H,21,23). The van der Waals surface area contributed by atoms with Crippen molar-refractivity contribution in [2.75, 3.05) is 13.2 Å². The number of ether oxygens (including phenoxy) is 2. The number of carbonyl (C=O) groups excluding carboxylic acids is 1. The zero-order valence-corrected chi connectivity index (χ0v) is 14.4. The van der Waals surface area contributed by atoms with Crippen LogP contribution in [-0.2, 0) is 9.47 Å². The second-order valence-corrected chi connectivity index (χ2v) is 6.69. The van der Waals surface area contributed by atoms with E-state index in [4.69, 9.17) is 9.47 Å². The Morgan fingerprint density at radius 3 is 2.72 bits per heavy atom. The number of aromatic nitrogens is 2. The first-order chi connectivity index (χ1) is 12.2. The molecule has 2 fully saturated rings. The van der Waals surface area contributed by atoms with E-state index in [1.807, 2.05) is 37.3 Å². The average Bonchev–Trinajstić information content (AvgIpc) is 3.04. The van der Waals surface area contributed by atoms with E-state index in [2.05, 4.69) is 10.4 Å². The molecule has 1 aromatic carbocycles. The first-order valence-corrected chi connectivity index (χ1v) is 8.86. The summed E-state index contributed by atoms with van der Waals surface area (Å²) in [6.07, 6.45) is 4.58. The van der Waals surface area contributed by atoms with Gasteiger partial charge in [-0.15, -0.1) is 0 Å². The molecule has 25 heavy (non-hydrogen) atoms. The van der Waals surface area contributed by atoms with Gasteiger partial charge < -0.3 is 14.8 Å². The fraction of sp³-hybridized carbons (Fsp3) is 0.474. The average molecular weight is 341 g/mol. The summed E-state index contributed by atoms with van der Waals surface area (Å²) >= 11 is 0. The molecule has 1 amide bonds. The highest BCUT2D eigenvalue weighted by Crippen LogP contribution is 2.27. The van der Waals surface area contributed by atoms with Gasteiger partial charge in [0.25, 0.3) is 5.91 Å². The smallest absolute Gasteiger partial charge is 0.254 e. The highest BCUT2D eigenvalue weighted by atomic mass is 16.6. The summed E-state index contributed by atoms with van der Waals surface area (Å²) in [5, 5.41) is 7.52. The van der Waals surface area contributed by atoms with Crippen molar-refractivity contribution in [1.29, 1.82) is 0 Å². The van der Waals surface area contributed by atoms with Gasteiger partial charge in [-0.05, 0) is 38.3 Å². The minimum absolute atomic E-state index is 0.0696.